The molecule has 0 aliphatic carbocycles. The number of hydrogen-bond donors (Lipinski definition) is 1. The van der Waals surface area contributed by atoms with Crippen LogP contribution in [0.2, 0.25) is 0 Å². The number of unbranched alkanes of at least 4 members (excludes halogenated alkanes) is 2. The van der Waals surface area contributed by atoms with Gasteiger partial charge in [-0.1, -0.05) is 32.3 Å². The second-order valence-corrected chi connectivity index (χ2v) is 5.20. The third-order valence-electron chi connectivity index (χ3n) is 3.42. The molecular weight excluding hydrogens is 250 g/mol. The average molecular weight is 279 g/mol. The van der Waals surface area contributed by atoms with Gasteiger partial charge in [0.15, 0.2) is 11.5 Å². The molecule has 0 aromatic heterocycles. The van der Waals surface area contributed by atoms with Crippen molar-refractivity contribution in [3.63, 3.8) is 0 Å². The van der Waals surface area contributed by atoms with E-state index in [1.54, 1.807) is 7.11 Å². The van der Waals surface area contributed by atoms with Gasteiger partial charge in [-0.2, -0.15) is 0 Å². The van der Waals surface area contributed by atoms with Gasteiger partial charge in [-0.15, -0.1) is 0 Å². The molecule has 20 heavy (non-hydrogen) atoms. The standard InChI is InChI=1S/C17H29NO2/c1-5-7-8-9-14(3)18-13-15-10-11-16(19-4)17(12-15)20-6-2/h10-12,14,18H,5-9,13H2,1-4H3. The molecule has 0 saturated heterocycles. The van der Waals surface area contributed by atoms with Gasteiger partial charge in [0.25, 0.3) is 0 Å². The van der Waals surface area contributed by atoms with Crippen molar-refractivity contribution in [3.05, 3.63) is 23.8 Å². The van der Waals surface area contributed by atoms with E-state index in [-0.39, 0.29) is 0 Å². The van der Waals surface area contributed by atoms with E-state index in [4.69, 9.17) is 9.47 Å². The Kier molecular flexibility index (Phi) is 8.12. The summed E-state index contributed by atoms with van der Waals surface area (Å²) in [7, 11) is 1.67. The quantitative estimate of drug-likeness (QED) is 0.653. The second-order valence-electron chi connectivity index (χ2n) is 5.20. The van der Waals surface area contributed by atoms with E-state index >= 15 is 0 Å². The Labute approximate surface area is 123 Å². The minimum absolute atomic E-state index is 0.555. The lowest BCUT2D eigenvalue weighted by atomic mass is 10.1. The number of nitrogens with one attached hydrogen (secondary N) is 1. The van der Waals surface area contributed by atoms with Crippen LogP contribution in [0.4, 0.5) is 0 Å². The number of benzene rings is 1. The van der Waals surface area contributed by atoms with Crippen LogP contribution < -0.4 is 14.8 Å². The number of ether oxygens (including phenoxy) is 2. The highest BCUT2D eigenvalue weighted by molar-refractivity contribution is 5.42. The maximum atomic E-state index is 5.60. The van der Waals surface area contributed by atoms with Crippen molar-refractivity contribution < 1.29 is 9.47 Å². The topological polar surface area (TPSA) is 30.5 Å². The van der Waals surface area contributed by atoms with Crippen molar-refractivity contribution in [2.45, 2.75) is 59.0 Å². The summed E-state index contributed by atoms with van der Waals surface area (Å²) in [4.78, 5) is 0. The molecule has 0 radical (unpaired) electrons. The Morgan fingerprint density at radius 2 is 1.95 bits per heavy atom. The first-order valence-electron chi connectivity index (χ1n) is 7.74. The van der Waals surface area contributed by atoms with Crippen LogP contribution in [0.3, 0.4) is 0 Å². The Balaban J connectivity index is 2.49. The number of rotatable bonds is 10. The molecule has 1 atom stereocenters. The number of hydrogen-bond acceptors (Lipinski definition) is 3. The highest BCUT2D eigenvalue weighted by atomic mass is 16.5. The van der Waals surface area contributed by atoms with E-state index in [2.05, 4.69) is 31.3 Å². The van der Waals surface area contributed by atoms with E-state index in [9.17, 15) is 0 Å². The lowest BCUT2D eigenvalue weighted by Gasteiger charge is -2.15. The summed E-state index contributed by atoms with van der Waals surface area (Å²) in [5.74, 6) is 1.62. The van der Waals surface area contributed by atoms with Crippen LogP contribution in [-0.4, -0.2) is 19.8 Å². The first-order valence-corrected chi connectivity index (χ1v) is 7.74. The van der Waals surface area contributed by atoms with Gasteiger partial charge in [-0.25, -0.2) is 0 Å². The largest absolute Gasteiger partial charge is 0.493 e. The lowest BCUT2D eigenvalue weighted by molar-refractivity contribution is 0.310. The van der Waals surface area contributed by atoms with Gasteiger partial charge >= 0.3 is 0 Å². The summed E-state index contributed by atoms with van der Waals surface area (Å²) < 4.78 is 10.9. The molecule has 1 aromatic carbocycles. The highest BCUT2D eigenvalue weighted by Crippen LogP contribution is 2.28. The van der Waals surface area contributed by atoms with Crippen LogP contribution in [0.1, 0.15) is 52.0 Å². The molecule has 0 aliphatic heterocycles. The summed E-state index contributed by atoms with van der Waals surface area (Å²) in [6.07, 6.45) is 5.14. The second kappa shape index (κ2) is 9.65. The fourth-order valence-electron chi connectivity index (χ4n) is 2.19. The van der Waals surface area contributed by atoms with Crippen LogP contribution in [0.15, 0.2) is 18.2 Å². The van der Waals surface area contributed by atoms with Gasteiger partial charge in [0, 0.05) is 12.6 Å². The van der Waals surface area contributed by atoms with Gasteiger partial charge in [-0.3, -0.25) is 0 Å². The van der Waals surface area contributed by atoms with Crippen LogP contribution in [0.5, 0.6) is 11.5 Å². The Hall–Kier alpha value is -1.22. The zero-order valence-electron chi connectivity index (χ0n) is 13.4. The molecular formula is C17H29NO2. The van der Waals surface area contributed by atoms with Crippen molar-refractivity contribution >= 4 is 0 Å². The Morgan fingerprint density at radius 3 is 2.60 bits per heavy atom. The molecule has 1 aromatic rings. The van der Waals surface area contributed by atoms with Crippen molar-refractivity contribution in [2.75, 3.05) is 13.7 Å². The summed E-state index contributed by atoms with van der Waals surface area (Å²) in [5, 5.41) is 3.57. The Morgan fingerprint density at radius 1 is 1.15 bits per heavy atom. The molecule has 114 valence electrons. The molecule has 3 nitrogen and oxygen atoms in total. The molecule has 0 aliphatic rings. The molecule has 1 unspecified atom stereocenters. The summed E-state index contributed by atoms with van der Waals surface area (Å²) in [6.45, 7) is 8.01. The predicted octanol–water partition coefficient (Wildman–Crippen LogP) is 4.15. The van der Waals surface area contributed by atoms with E-state index in [0.717, 1.165) is 18.0 Å². The third-order valence-corrected chi connectivity index (χ3v) is 3.42. The maximum Gasteiger partial charge on any atom is 0.161 e. The van der Waals surface area contributed by atoms with Crippen LogP contribution in [0, 0.1) is 0 Å². The molecule has 0 saturated carbocycles. The van der Waals surface area contributed by atoms with Crippen molar-refractivity contribution in [3.8, 4) is 11.5 Å². The molecule has 0 bridgehead atoms. The van der Waals surface area contributed by atoms with E-state index < -0.39 is 0 Å². The molecule has 0 heterocycles. The van der Waals surface area contributed by atoms with Gasteiger partial charge in [0.2, 0.25) is 0 Å². The number of methoxy groups -OCH3 is 1. The first kappa shape index (κ1) is 16.8. The smallest absolute Gasteiger partial charge is 0.161 e. The average Bonchev–Trinajstić information content (AvgIpc) is 2.46. The predicted molar refractivity (Wildman–Crippen MR) is 84.6 cm³/mol. The zero-order chi connectivity index (χ0) is 14.8. The normalized spacial score (nSPS) is 12.2. The van der Waals surface area contributed by atoms with Crippen LogP contribution >= 0.6 is 0 Å². The van der Waals surface area contributed by atoms with Gasteiger partial charge < -0.3 is 14.8 Å². The highest BCUT2D eigenvalue weighted by Gasteiger charge is 2.06. The summed E-state index contributed by atoms with van der Waals surface area (Å²) in [6, 6.07) is 6.68. The minimum Gasteiger partial charge on any atom is -0.493 e. The first-order chi connectivity index (χ1) is 9.71. The minimum atomic E-state index is 0.555. The van der Waals surface area contributed by atoms with Gasteiger partial charge in [-0.05, 0) is 38.0 Å². The van der Waals surface area contributed by atoms with Gasteiger partial charge in [0.05, 0.1) is 13.7 Å². The molecule has 1 N–H and O–H groups in total. The van der Waals surface area contributed by atoms with E-state index in [1.165, 1.54) is 31.2 Å². The zero-order valence-corrected chi connectivity index (χ0v) is 13.4. The fraction of sp³-hybridized carbons (Fsp3) is 0.647. The van der Waals surface area contributed by atoms with Crippen molar-refractivity contribution in [2.24, 2.45) is 0 Å². The van der Waals surface area contributed by atoms with Crippen molar-refractivity contribution in [1.82, 2.24) is 5.32 Å². The molecule has 1 rings (SSSR count). The molecule has 0 spiro atoms. The monoisotopic (exact) mass is 279 g/mol. The van der Waals surface area contributed by atoms with Crippen LogP contribution in [-0.2, 0) is 6.54 Å². The molecule has 0 fully saturated rings. The fourth-order valence-corrected chi connectivity index (χ4v) is 2.19. The van der Waals surface area contributed by atoms with Crippen molar-refractivity contribution in [1.29, 1.82) is 0 Å². The van der Waals surface area contributed by atoms with Gasteiger partial charge in [0.1, 0.15) is 0 Å². The summed E-state index contributed by atoms with van der Waals surface area (Å²) >= 11 is 0. The lowest BCUT2D eigenvalue weighted by Crippen LogP contribution is -2.25. The SMILES string of the molecule is CCCCCC(C)NCc1ccc(OC)c(OCC)c1. The van der Waals surface area contributed by atoms with Crippen LogP contribution in [0.25, 0.3) is 0 Å². The Bertz CT molecular complexity index is 379. The van der Waals surface area contributed by atoms with E-state index in [1.807, 2.05) is 13.0 Å². The maximum absolute atomic E-state index is 5.60. The van der Waals surface area contributed by atoms with E-state index in [0.29, 0.717) is 12.6 Å². The third kappa shape index (κ3) is 5.83. The molecule has 0 amide bonds. The summed E-state index contributed by atoms with van der Waals surface area (Å²) in [5.41, 5.74) is 1.23. The molecule has 3 heteroatoms.